The van der Waals surface area contributed by atoms with Crippen molar-refractivity contribution in [3.63, 3.8) is 0 Å². The third-order valence-corrected chi connectivity index (χ3v) is 6.29. The van der Waals surface area contributed by atoms with Crippen LogP contribution in [0.15, 0.2) is 65.4 Å². The topological polar surface area (TPSA) is 80.3 Å². The number of ether oxygens (including phenoxy) is 1. The van der Waals surface area contributed by atoms with Gasteiger partial charge in [-0.1, -0.05) is 17.7 Å². The first-order chi connectivity index (χ1) is 15.0. The number of thiazole rings is 1. The van der Waals surface area contributed by atoms with Crippen LogP contribution in [0, 0.1) is 0 Å². The zero-order valence-corrected chi connectivity index (χ0v) is 18.6. The average Bonchev–Trinajstić information content (AvgIpc) is 3.48. The van der Waals surface area contributed by atoms with Crippen molar-refractivity contribution >= 4 is 56.9 Å². The van der Waals surface area contributed by atoms with Gasteiger partial charge in [0, 0.05) is 16.5 Å². The minimum atomic E-state index is -0.348. The lowest BCUT2D eigenvalue weighted by molar-refractivity contribution is 0.101. The summed E-state index contributed by atoms with van der Waals surface area (Å²) in [6.07, 6.45) is 0. The molecule has 0 aliphatic carbocycles. The summed E-state index contributed by atoms with van der Waals surface area (Å²) in [5.41, 5.74) is 2.39. The molecule has 31 heavy (non-hydrogen) atoms. The lowest BCUT2D eigenvalue weighted by atomic mass is 10.2. The van der Waals surface area contributed by atoms with Gasteiger partial charge in [0.1, 0.15) is 5.75 Å². The molecule has 0 aliphatic heterocycles. The van der Waals surface area contributed by atoms with E-state index >= 15 is 0 Å². The summed E-state index contributed by atoms with van der Waals surface area (Å²) >= 11 is 8.84. The number of carbonyl (C=O) groups is 2. The number of anilines is 2. The van der Waals surface area contributed by atoms with Gasteiger partial charge in [0.2, 0.25) is 0 Å². The number of carbonyl (C=O) groups excluding carboxylic acids is 2. The van der Waals surface area contributed by atoms with Crippen LogP contribution < -0.4 is 15.4 Å². The zero-order valence-electron chi connectivity index (χ0n) is 16.2. The number of halogens is 1. The Morgan fingerprint density at radius 1 is 1.00 bits per heavy atom. The molecule has 0 saturated carbocycles. The van der Waals surface area contributed by atoms with E-state index in [0.717, 1.165) is 17.0 Å². The predicted octanol–water partition coefficient (Wildman–Crippen LogP) is 6.04. The summed E-state index contributed by atoms with van der Waals surface area (Å²) in [5, 5.41) is 10.0. The van der Waals surface area contributed by atoms with Crippen molar-refractivity contribution in [2.75, 3.05) is 17.7 Å². The van der Waals surface area contributed by atoms with Crippen LogP contribution in [-0.2, 0) is 0 Å². The van der Waals surface area contributed by atoms with Crippen molar-refractivity contribution in [2.45, 2.75) is 0 Å². The molecule has 9 heteroatoms. The van der Waals surface area contributed by atoms with Gasteiger partial charge in [-0.3, -0.25) is 14.9 Å². The van der Waals surface area contributed by atoms with E-state index in [9.17, 15) is 9.59 Å². The highest BCUT2D eigenvalue weighted by molar-refractivity contribution is 7.14. The number of rotatable bonds is 6. The summed E-state index contributed by atoms with van der Waals surface area (Å²) in [6.45, 7) is 0. The standard InChI is InChI=1S/C22H16ClN3O3S2/c1-29-15-7-4-13(5-8-15)18-12-31-22(25-18)26-20(27)14-6-9-16(23)17(11-14)24-21(28)19-3-2-10-30-19/h2-12H,1H3,(H,24,28)(H,25,26,27). The number of methoxy groups -OCH3 is 1. The molecule has 0 bridgehead atoms. The Balaban J connectivity index is 1.47. The number of aromatic nitrogens is 1. The second kappa shape index (κ2) is 9.30. The Labute approximate surface area is 191 Å². The molecule has 0 spiro atoms. The molecule has 0 aliphatic rings. The first-order valence-electron chi connectivity index (χ1n) is 9.09. The molecule has 2 amide bonds. The number of amides is 2. The SMILES string of the molecule is COc1ccc(-c2csc(NC(=O)c3ccc(Cl)c(NC(=O)c4cccs4)c3)n2)cc1. The summed E-state index contributed by atoms with van der Waals surface area (Å²) < 4.78 is 5.16. The Morgan fingerprint density at radius 2 is 1.81 bits per heavy atom. The Bertz CT molecular complexity index is 1220. The molecule has 0 saturated heterocycles. The van der Waals surface area contributed by atoms with Crippen molar-refractivity contribution in [2.24, 2.45) is 0 Å². The maximum absolute atomic E-state index is 12.7. The first-order valence-corrected chi connectivity index (χ1v) is 11.2. The average molecular weight is 470 g/mol. The fourth-order valence-electron chi connectivity index (χ4n) is 2.75. The fraction of sp³-hybridized carbons (Fsp3) is 0.0455. The lowest BCUT2D eigenvalue weighted by Crippen LogP contribution is -2.14. The summed E-state index contributed by atoms with van der Waals surface area (Å²) in [6, 6.07) is 15.7. The van der Waals surface area contributed by atoms with Crippen LogP contribution in [0.5, 0.6) is 5.75 Å². The lowest BCUT2D eigenvalue weighted by Gasteiger charge is -2.09. The number of hydrogen-bond donors (Lipinski definition) is 2. The number of nitrogens with one attached hydrogen (secondary N) is 2. The van der Waals surface area contributed by atoms with Crippen LogP contribution in [0.25, 0.3) is 11.3 Å². The van der Waals surface area contributed by atoms with Gasteiger partial charge in [-0.05, 0) is 53.9 Å². The van der Waals surface area contributed by atoms with Crippen molar-refractivity contribution in [1.29, 1.82) is 0 Å². The van der Waals surface area contributed by atoms with Gasteiger partial charge >= 0.3 is 0 Å². The van der Waals surface area contributed by atoms with Gasteiger partial charge in [-0.15, -0.1) is 22.7 Å². The van der Waals surface area contributed by atoms with Crippen LogP contribution in [-0.4, -0.2) is 23.9 Å². The molecule has 4 rings (SSSR count). The van der Waals surface area contributed by atoms with Crippen molar-refractivity contribution in [3.05, 3.63) is 80.8 Å². The third-order valence-electron chi connectivity index (χ3n) is 4.33. The molecule has 2 aromatic carbocycles. The monoisotopic (exact) mass is 469 g/mol. The molecule has 156 valence electrons. The van der Waals surface area contributed by atoms with Crippen LogP contribution >= 0.6 is 34.3 Å². The molecule has 4 aromatic rings. The molecule has 2 N–H and O–H groups in total. The Hall–Kier alpha value is -3.20. The van der Waals surface area contributed by atoms with E-state index in [0.29, 0.717) is 26.3 Å². The van der Waals surface area contributed by atoms with E-state index < -0.39 is 0 Å². The van der Waals surface area contributed by atoms with Crippen LogP contribution in [0.3, 0.4) is 0 Å². The largest absolute Gasteiger partial charge is 0.497 e. The molecular formula is C22H16ClN3O3S2. The molecule has 0 unspecified atom stereocenters. The van der Waals surface area contributed by atoms with E-state index in [1.807, 2.05) is 35.0 Å². The number of hydrogen-bond acceptors (Lipinski definition) is 6. The van der Waals surface area contributed by atoms with Crippen molar-refractivity contribution in [3.8, 4) is 17.0 Å². The number of thiophene rings is 1. The molecule has 0 radical (unpaired) electrons. The Kier molecular flexibility index (Phi) is 6.31. The van der Waals surface area contributed by atoms with E-state index in [2.05, 4.69) is 15.6 Å². The van der Waals surface area contributed by atoms with E-state index in [4.69, 9.17) is 16.3 Å². The molecule has 0 atom stereocenters. The van der Waals surface area contributed by atoms with E-state index in [-0.39, 0.29) is 11.8 Å². The normalized spacial score (nSPS) is 10.5. The van der Waals surface area contributed by atoms with Crippen molar-refractivity contribution < 1.29 is 14.3 Å². The van der Waals surface area contributed by atoms with Crippen LogP contribution in [0.4, 0.5) is 10.8 Å². The minimum Gasteiger partial charge on any atom is -0.497 e. The van der Waals surface area contributed by atoms with Gasteiger partial charge in [-0.2, -0.15) is 0 Å². The highest BCUT2D eigenvalue weighted by Crippen LogP contribution is 2.28. The van der Waals surface area contributed by atoms with Gasteiger partial charge in [0.15, 0.2) is 5.13 Å². The molecule has 2 heterocycles. The van der Waals surface area contributed by atoms with Crippen LogP contribution in [0.2, 0.25) is 5.02 Å². The van der Waals surface area contributed by atoms with Gasteiger partial charge in [0.05, 0.1) is 28.4 Å². The smallest absolute Gasteiger partial charge is 0.265 e. The predicted molar refractivity (Wildman–Crippen MR) is 126 cm³/mol. The van der Waals surface area contributed by atoms with Crippen molar-refractivity contribution in [1.82, 2.24) is 4.98 Å². The van der Waals surface area contributed by atoms with Crippen LogP contribution in [0.1, 0.15) is 20.0 Å². The summed E-state index contributed by atoms with van der Waals surface area (Å²) in [5.74, 6) is 0.134. The summed E-state index contributed by atoms with van der Waals surface area (Å²) in [4.78, 5) is 30.0. The molecular weight excluding hydrogens is 454 g/mol. The molecule has 2 aromatic heterocycles. The quantitative estimate of drug-likeness (QED) is 0.361. The molecule has 0 fully saturated rings. The zero-order chi connectivity index (χ0) is 21.8. The Morgan fingerprint density at radius 3 is 2.52 bits per heavy atom. The maximum Gasteiger partial charge on any atom is 0.265 e. The first kappa shape index (κ1) is 21.0. The third kappa shape index (κ3) is 4.93. The molecule has 6 nitrogen and oxygen atoms in total. The second-order valence-electron chi connectivity index (χ2n) is 6.35. The summed E-state index contributed by atoms with van der Waals surface area (Å²) in [7, 11) is 1.61. The van der Waals surface area contributed by atoms with Gasteiger partial charge < -0.3 is 10.1 Å². The number of benzene rings is 2. The fourth-order valence-corrected chi connectivity index (χ4v) is 4.25. The second-order valence-corrected chi connectivity index (χ2v) is 8.56. The van der Waals surface area contributed by atoms with Gasteiger partial charge in [0.25, 0.3) is 11.8 Å². The highest BCUT2D eigenvalue weighted by Gasteiger charge is 2.14. The number of nitrogens with zero attached hydrogens (tertiary/aromatic N) is 1. The van der Waals surface area contributed by atoms with E-state index in [1.165, 1.54) is 22.7 Å². The van der Waals surface area contributed by atoms with E-state index in [1.54, 1.807) is 37.4 Å². The van der Waals surface area contributed by atoms with Gasteiger partial charge in [-0.25, -0.2) is 4.98 Å². The minimum absolute atomic E-state index is 0.279. The maximum atomic E-state index is 12.7. The highest BCUT2D eigenvalue weighted by atomic mass is 35.5.